The number of nitrogens with one attached hydrogen (secondary N) is 2. The van der Waals surface area contributed by atoms with Gasteiger partial charge in [-0.05, 0) is 53.9 Å². The minimum absolute atomic E-state index is 0.223. The van der Waals surface area contributed by atoms with Crippen molar-refractivity contribution in [2.75, 3.05) is 0 Å². The first-order valence-corrected chi connectivity index (χ1v) is 10.4. The number of carbonyl (C=O) groups excluding carboxylic acids is 2. The number of hydrazine groups is 1. The van der Waals surface area contributed by atoms with E-state index in [1.807, 2.05) is 79.0 Å². The Labute approximate surface area is 186 Å². The first-order valence-electron chi connectivity index (χ1n) is 10.4. The van der Waals surface area contributed by atoms with Gasteiger partial charge in [0.25, 0.3) is 5.91 Å². The zero-order valence-electron chi connectivity index (χ0n) is 17.7. The van der Waals surface area contributed by atoms with Crippen molar-refractivity contribution in [2.45, 2.75) is 25.9 Å². The number of nitrogens with zero attached hydrogens (tertiary/aromatic N) is 2. The van der Waals surface area contributed by atoms with Crippen molar-refractivity contribution >= 4 is 22.6 Å². The van der Waals surface area contributed by atoms with Crippen molar-refractivity contribution < 1.29 is 14.3 Å². The van der Waals surface area contributed by atoms with Crippen molar-refractivity contribution in [3.05, 3.63) is 90.8 Å². The molecule has 0 aliphatic heterocycles. The molecule has 162 valence electrons. The number of amides is 2. The van der Waals surface area contributed by atoms with Gasteiger partial charge in [0, 0.05) is 12.6 Å². The molecule has 3 aromatic carbocycles. The molecule has 1 unspecified atom stereocenters. The van der Waals surface area contributed by atoms with Crippen LogP contribution in [0.2, 0.25) is 0 Å². The quantitative estimate of drug-likeness (QED) is 0.441. The van der Waals surface area contributed by atoms with Crippen molar-refractivity contribution in [3.63, 3.8) is 0 Å². The largest absolute Gasteiger partial charge is 0.481 e. The van der Waals surface area contributed by atoms with Crippen LogP contribution in [0.25, 0.3) is 16.5 Å². The van der Waals surface area contributed by atoms with E-state index in [1.165, 1.54) is 0 Å². The number of rotatable bonds is 7. The Balaban J connectivity index is 1.22. The van der Waals surface area contributed by atoms with Crippen LogP contribution in [-0.4, -0.2) is 27.7 Å². The lowest BCUT2D eigenvalue weighted by molar-refractivity contribution is -0.132. The molecule has 0 aliphatic rings. The second kappa shape index (κ2) is 9.78. The Morgan fingerprint density at radius 1 is 0.969 bits per heavy atom. The van der Waals surface area contributed by atoms with Gasteiger partial charge in [-0.15, -0.1) is 0 Å². The molecule has 7 heteroatoms. The molecule has 4 rings (SSSR count). The summed E-state index contributed by atoms with van der Waals surface area (Å²) in [5.41, 5.74) is 6.75. The first-order chi connectivity index (χ1) is 15.6. The summed E-state index contributed by atoms with van der Waals surface area (Å²) in [6.45, 7) is 1.63. The molecule has 0 radical (unpaired) electrons. The predicted octanol–water partition coefficient (Wildman–Crippen LogP) is 3.57. The molecule has 0 spiro atoms. The van der Waals surface area contributed by atoms with E-state index in [4.69, 9.17) is 4.74 Å². The predicted molar refractivity (Wildman–Crippen MR) is 122 cm³/mol. The number of ether oxygens (including phenoxy) is 1. The number of hydrogen-bond acceptors (Lipinski definition) is 4. The van der Waals surface area contributed by atoms with Crippen LogP contribution in [0.1, 0.15) is 18.9 Å². The summed E-state index contributed by atoms with van der Waals surface area (Å²) in [5.74, 6) is -0.125. The molecule has 2 amide bonds. The zero-order chi connectivity index (χ0) is 22.3. The molecule has 0 saturated heterocycles. The number of para-hydroxylation sites is 1. The van der Waals surface area contributed by atoms with Crippen LogP contribution in [0.4, 0.5) is 0 Å². The average Bonchev–Trinajstić information content (AvgIpc) is 3.31. The number of benzene rings is 3. The molecule has 0 fully saturated rings. The summed E-state index contributed by atoms with van der Waals surface area (Å²) < 4.78 is 7.48. The summed E-state index contributed by atoms with van der Waals surface area (Å²) in [7, 11) is 0. The molecule has 1 heterocycles. The third-order valence-electron chi connectivity index (χ3n) is 5.03. The van der Waals surface area contributed by atoms with Crippen molar-refractivity contribution in [3.8, 4) is 11.4 Å². The molecular formula is C25H24N4O3. The number of fused-ring (bicyclic) bond motifs is 1. The van der Waals surface area contributed by atoms with Gasteiger partial charge in [0.15, 0.2) is 6.10 Å². The van der Waals surface area contributed by atoms with Crippen molar-refractivity contribution in [2.24, 2.45) is 0 Å². The number of hydrogen-bond donors (Lipinski definition) is 2. The first kappa shape index (κ1) is 21.1. The molecule has 0 bridgehead atoms. The molecule has 1 atom stereocenters. The highest BCUT2D eigenvalue weighted by Crippen LogP contribution is 2.21. The van der Waals surface area contributed by atoms with Crippen LogP contribution in [0, 0.1) is 0 Å². The fourth-order valence-electron chi connectivity index (χ4n) is 3.26. The van der Waals surface area contributed by atoms with E-state index >= 15 is 0 Å². The van der Waals surface area contributed by atoms with Gasteiger partial charge in [0.2, 0.25) is 5.91 Å². The topological polar surface area (TPSA) is 85.2 Å². The monoisotopic (exact) mass is 428 g/mol. The maximum atomic E-state index is 12.3. The Morgan fingerprint density at radius 2 is 1.72 bits per heavy atom. The van der Waals surface area contributed by atoms with E-state index < -0.39 is 12.0 Å². The average molecular weight is 428 g/mol. The summed E-state index contributed by atoms with van der Waals surface area (Å²) in [6, 6.07) is 23.3. The summed E-state index contributed by atoms with van der Waals surface area (Å²) in [5, 5.41) is 6.44. The third kappa shape index (κ3) is 5.31. The summed E-state index contributed by atoms with van der Waals surface area (Å²) in [4.78, 5) is 24.4. The lowest BCUT2D eigenvalue weighted by Crippen LogP contribution is -2.47. The molecule has 0 aliphatic carbocycles. The number of aromatic nitrogens is 2. The highest BCUT2D eigenvalue weighted by atomic mass is 16.5. The van der Waals surface area contributed by atoms with Gasteiger partial charge in [-0.1, -0.05) is 48.5 Å². The number of aryl methyl sites for hydroxylation is 1. The second-order valence-electron chi connectivity index (χ2n) is 7.44. The molecule has 32 heavy (non-hydrogen) atoms. The van der Waals surface area contributed by atoms with Gasteiger partial charge in [0.05, 0.1) is 11.9 Å². The Bertz CT molecular complexity index is 1220. The van der Waals surface area contributed by atoms with Gasteiger partial charge < -0.3 is 4.74 Å². The zero-order valence-corrected chi connectivity index (χ0v) is 17.7. The van der Waals surface area contributed by atoms with Gasteiger partial charge in [0.1, 0.15) is 5.75 Å². The van der Waals surface area contributed by atoms with Crippen LogP contribution >= 0.6 is 0 Å². The fourth-order valence-corrected chi connectivity index (χ4v) is 3.26. The van der Waals surface area contributed by atoms with Crippen LogP contribution in [0.15, 0.2) is 85.2 Å². The molecule has 7 nitrogen and oxygen atoms in total. The summed E-state index contributed by atoms with van der Waals surface area (Å²) >= 11 is 0. The standard InChI is InChI=1S/C25H24N4O3/c1-18(32-23-13-12-20-7-5-6-8-21(20)15-23)25(31)28-27-24(30)14-11-19-16-26-29(17-19)22-9-3-2-4-10-22/h2-10,12-13,15-18H,11,14H2,1H3,(H,27,30)(H,28,31). The van der Waals surface area contributed by atoms with Crippen LogP contribution < -0.4 is 15.6 Å². The Morgan fingerprint density at radius 3 is 2.53 bits per heavy atom. The van der Waals surface area contributed by atoms with Crippen molar-refractivity contribution in [1.82, 2.24) is 20.6 Å². The molecule has 4 aromatic rings. The fraction of sp³-hybridized carbons (Fsp3) is 0.160. The van der Waals surface area contributed by atoms with Crippen LogP contribution in [0.3, 0.4) is 0 Å². The van der Waals surface area contributed by atoms with Gasteiger partial charge in [-0.25, -0.2) is 4.68 Å². The minimum Gasteiger partial charge on any atom is -0.481 e. The number of carbonyl (C=O) groups is 2. The van der Waals surface area contributed by atoms with Crippen LogP contribution in [-0.2, 0) is 16.0 Å². The van der Waals surface area contributed by atoms with E-state index in [0.717, 1.165) is 22.0 Å². The highest BCUT2D eigenvalue weighted by Gasteiger charge is 2.16. The van der Waals surface area contributed by atoms with E-state index in [9.17, 15) is 9.59 Å². The van der Waals surface area contributed by atoms with Gasteiger partial charge >= 0.3 is 0 Å². The molecule has 0 saturated carbocycles. The van der Waals surface area contributed by atoms with Crippen LogP contribution in [0.5, 0.6) is 5.75 Å². The maximum absolute atomic E-state index is 12.3. The highest BCUT2D eigenvalue weighted by molar-refractivity contribution is 5.85. The smallest absolute Gasteiger partial charge is 0.279 e. The Hall–Kier alpha value is -4.13. The van der Waals surface area contributed by atoms with Crippen molar-refractivity contribution in [1.29, 1.82) is 0 Å². The van der Waals surface area contributed by atoms with Gasteiger partial charge in [-0.2, -0.15) is 5.10 Å². The lowest BCUT2D eigenvalue weighted by Gasteiger charge is -2.15. The maximum Gasteiger partial charge on any atom is 0.279 e. The van der Waals surface area contributed by atoms with E-state index in [0.29, 0.717) is 12.2 Å². The molecule has 2 N–H and O–H groups in total. The van der Waals surface area contributed by atoms with E-state index in [1.54, 1.807) is 17.8 Å². The third-order valence-corrected chi connectivity index (χ3v) is 5.03. The molecular weight excluding hydrogens is 404 g/mol. The SMILES string of the molecule is CC(Oc1ccc2ccccc2c1)C(=O)NNC(=O)CCc1cnn(-c2ccccc2)c1. The minimum atomic E-state index is -0.763. The van der Waals surface area contributed by atoms with Gasteiger partial charge in [-0.3, -0.25) is 20.4 Å². The summed E-state index contributed by atoms with van der Waals surface area (Å²) in [6.07, 6.45) is 3.60. The molecule has 1 aromatic heterocycles. The van der Waals surface area contributed by atoms with E-state index in [2.05, 4.69) is 16.0 Å². The second-order valence-corrected chi connectivity index (χ2v) is 7.44. The Kier molecular flexibility index (Phi) is 6.46. The lowest BCUT2D eigenvalue weighted by atomic mass is 10.1. The van der Waals surface area contributed by atoms with E-state index in [-0.39, 0.29) is 12.3 Å². The normalized spacial score (nSPS) is 11.7.